The van der Waals surface area contributed by atoms with Crippen LogP contribution < -0.4 is 11.1 Å². The maximum atomic E-state index is 12.9. The van der Waals surface area contributed by atoms with Crippen LogP contribution in [0.1, 0.15) is 27.5 Å². The SMILES string of the molecule is Nc1ccccc1C(=O)NCC(c1ccc(C(F)(F)F)cc1)N1CCOCC1. The minimum atomic E-state index is -4.38. The number of nitrogens with two attached hydrogens (primary N) is 1. The summed E-state index contributed by atoms with van der Waals surface area (Å²) in [5.41, 5.74) is 6.60. The number of rotatable bonds is 5. The van der Waals surface area contributed by atoms with Gasteiger partial charge in [-0.1, -0.05) is 24.3 Å². The first-order valence-corrected chi connectivity index (χ1v) is 8.98. The lowest BCUT2D eigenvalue weighted by molar-refractivity contribution is -0.137. The van der Waals surface area contributed by atoms with Gasteiger partial charge in [0.25, 0.3) is 5.91 Å². The Bertz CT molecular complexity index is 803. The van der Waals surface area contributed by atoms with E-state index in [2.05, 4.69) is 10.2 Å². The highest BCUT2D eigenvalue weighted by molar-refractivity contribution is 5.99. The van der Waals surface area contributed by atoms with Crippen molar-refractivity contribution in [3.8, 4) is 0 Å². The van der Waals surface area contributed by atoms with E-state index in [1.807, 2.05) is 0 Å². The molecule has 1 aliphatic heterocycles. The van der Waals surface area contributed by atoms with E-state index in [0.29, 0.717) is 43.1 Å². The number of alkyl halides is 3. The summed E-state index contributed by atoms with van der Waals surface area (Å²) in [5.74, 6) is -0.316. The number of amides is 1. The van der Waals surface area contributed by atoms with Crippen molar-refractivity contribution in [1.29, 1.82) is 0 Å². The van der Waals surface area contributed by atoms with Gasteiger partial charge in [0.05, 0.1) is 30.4 Å². The summed E-state index contributed by atoms with van der Waals surface area (Å²) < 4.78 is 43.9. The zero-order valence-electron chi connectivity index (χ0n) is 15.2. The van der Waals surface area contributed by atoms with Crippen molar-refractivity contribution in [3.63, 3.8) is 0 Å². The van der Waals surface area contributed by atoms with Gasteiger partial charge in [-0.2, -0.15) is 13.2 Å². The zero-order valence-corrected chi connectivity index (χ0v) is 15.2. The molecule has 0 bridgehead atoms. The van der Waals surface area contributed by atoms with E-state index < -0.39 is 11.7 Å². The summed E-state index contributed by atoms with van der Waals surface area (Å²) in [4.78, 5) is 14.6. The molecule has 5 nitrogen and oxygen atoms in total. The summed E-state index contributed by atoms with van der Waals surface area (Å²) in [7, 11) is 0. The number of morpholine rings is 1. The lowest BCUT2D eigenvalue weighted by Crippen LogP contribution is -2.43. The van der Waals surface area contributed by atoms with Crippen LogP contribution in [0.3, 0.4) is 0 Å². The molecule has 1 atom stereocenters. The highest BCUT2D eigenvalue weighted by Gasteiger charge is 2.31. The standard InChI is InChI=1S/C20H22F3N3O2/c21-20(22,23)15-7-5-14(6-8-15)18(26-9-11-28-12-10-26)13-25-19(27)16-3-1-2-4-17(16)24/h1-8,18H,9-13,24H2,(H,25,27). The molecule has 8 heteroatoms. The van der Waals surface area contributed by atoms with E-state index in [1.165, 1.54) is 12.1 Å². The van der Waals surface area contributed by atoms with E-state index >= 15 is 0 Å². The summed E-state index contributed by atoms with van der Waals surface area (Å²) in [6.45, 7) is 2.59. The molecule has 2 aromatic rings. The molecular formula is C20H22F3N3O2. The third-order valence-electron chi connectivity index (χ3n) is 4.77. The highest BCUT2D eigenvalue weighted by atomic mass is 19.4. The summed E-state index contributed by atoms with van der Waals surface area (Å²) in [6, 6.07) is 11.5. The Morgan fingerprint density at radius 1 is 1.11 bits per heavy atom. The van der Waals surface area contributed by atoms with Crippen molar-refractivity contribution < 1.29 is 22.7 Å². The number of hydrogen-bond acceptors (Lipinski definition) is 4. The first-order valence-electron chi connectivity index (χ1n) is 8.98. The highest BCUT2D eigenvalue weighted by Crippen LogP contribution is 2.31. The lowest BCUT2D eigenvalue weighted by atomic mass is 10.0. The molecule has 1 heterocycles. The number of benzene rings is 2. The predicted molar refractivity (Wildman–Crippen MR) is 99.8 cm³/mol. The van der Waals surface area contributed by atoms with Crippen LogP contribution in [0.2, 0.25) is 0 Å². The Hall–Kier alpha value is -2.58. The fraction of sp³-hybridized carbons (Fsp3) is 0.350. The average Bonchev–Trinajstić information content (AvgIpc) is 2.69. The molecule has 3 N–H and O–H groups in total. The molecule has 150 valence electrons. The summed E-state index contributed by atoms with van der Waals surface area (Å²) in [6.07, 6.45) is -4.38. The second kappa shape index (κ2) is 8.62. The first-order chi connectivity index (χ1) is 13.4. The van der Waals surface area contributed by atoms with Gasteiger partial charge in [-0.05, 0) is 29.8 Å². The van der Waals surface area contributed by atoms with Crippen LogP contribution in [0.4, 0.5) is 18.9 Å². The molecule has 28 heavy (non-hydrogen) atoms. The van der Waals surface area contributed by atoms with Crippen LogP contribution in [0, 0.1) is 0 Å². The molecule has 0 spiro atoms. The van der Waals surface area contributed by atoms with E-state index in [9.17, 15) is 18.0 Å². The zero-order chi connectivity index (χ0) is 20.1. The Balaban J connectivity index is 1.77. The third kappa shape index (κ3) is 4.82. The number of carbonyl (C=O) groups excluding carboxylic acids is 1. The van der Waals surface area contributed by atoms with E-state index in [0.717, 1.165) is 12.1 Å². The second-order valence-corrected chi connectivity index (χ2v) is 6.58. The number of nitrogens with one attached hydrogen (secondary N) is 1. The fourth-order valence-electron chi connectivity index (χ4n) is 3.23. The maximum Gasteiger partial charge on any atom is 0.416 e. The Labute approximate surface area is 161 Å². The number of ether oxygens (including phenoxy) is 1. The molecule has 0 radical (unpaired) electrons. The minimum Gasteiger partial charge on any atom is -0.398 e. The van der Waals surface area contributed by atoms with Gasteiger partial charge in [0.15, 0.2) is 0 Å². The average molecular weight is 393 g/mol. The van der Waals surface area contributed by atoms with Crippen LogP contribution in [0.15, 0.2) is 48.5 Å². The number of hydrogen-bond donors (Lipinski definition) is 2. The van der Waals surface area contributed by atoms with Gasteiger partial charge in [-0.3, -0.25) is 9.69 Å². The molecule has 1 unspecified atom stereocenters. The molecule has 1 fully saturated rings. The molecule has 1 saturated heterocycles. The van der Waals surface area contributed by atoms with E-state index in [-0.39, 0.29) is 18.5 Å². The number of halogens is 3. The molecule has 1 aliphatic rings. The van der Waals surface area contributed by atoms with Gasteiger partial charge in [0, 0.05) is 25.3 Å². The van der Waals surface area contributed by atoms with Crippen molar-refractivity contribution in [2.45, 2.75) is 12.2 Å². The van der Waals surface area contributed by atoms with Crippen LogP contribution in [0.25, 0.3) is 0 Å². The van der Waals surface area contributed by atoms with Crippen LogP contribution >= 0.6 is 0 Å². The Morgan fingerprint density at radius 3 is 2.36 bits per heavy atom. The van der Waals surface area contributed by atoms with E-state index in [1.54, 1.807) is 24.3 Å². The number of nitrogen functional groups attached to an aromatic ring is 1. The van der Waals surface area contributed by atoms with Crippen LogP contribution in [-0.2, 0) is 10.9 Å². The first kappa shape index (κ1) is 20.2. The quantitative estimate of drug-likeness (QED) is 0.766. The topological polar surface area (TPSA) is 67.6 Å². The third-order valence-corrected chi connectivity index (χ3v) is 4.77. The van der Waals surface area contributed by atoms with Gasteiger partial charge in [-0.15, -0.1) is 0 Å². The van der Waals surface area contributed by atoms with Crippen molar-refractivity contribution in [2.24, 2.45) is 0 Å². The van der Waals surface area contributed by atoms with E-state index in [4.69, 9.17) is 10.5 Å². The normalized spacial score (nSPS) is 16.5. The number of nitrogens with zero attached hydrogens (tertiary/aromatic N) is 1. The fourth-order valence-corrected chi connectivity index (χ4v) is 3.23. The van der Waals surface area contributed by atoms with Gasteiger partial charge in [-0.25, -0.2) is 0 Å². The van der Waals surface area contributed by atoms with Gasteiger partial charge in [0.2, 0.25) is 0 Å². The molecule has 0 aliphatic carbocycles. The summed E-state index contributed by atoms with van der Waals surface area (Å²) >= 11 is 0. The molecule has 0 saturated carbocycles. The van der Waals surface area contributed by atoms with Crippen molar-refractivity contribution >= 4 is 11.6 Å². The van der Waals surface area contributed by atoms with Crippen molar-refractivity contribution in [2.75, 3.05) is 38.6 Å². The smallest absolute Gasteiger partial charge is 0.398 e. The van der Waals surface area contributed by atoms with Gasteiger partial charge >= 0.3 is 6.18 Å². The minimum absolute atomic E-state index is 0.249. The largest absolute Gasteiger partial charge is 0.416 e. The molecule has 3 rings (SSSR count). The molecular weight excluding hydrogens is 371 g/mol. The van der Waals surface area contributed by atoms with Crippen molar-refractivity contribution in [3.05, 3.63) is 65.2 Å². The monoisotopic (exact) mass is 393 g/mol. The Kier molecular flexibility index (Phi) is 6.21. The summed E-state index contributed by atoms with van der Waals surface area (Å²) in [5, 5.41) is 2.86. The van der Waals surface area contributed by atoms with Crippen LogP contribution in [-0.4, -0.2) is 43.7 Å². The lowest BCUT2D eigenvalue weighted by Gasteiger charge is -2.35. The Morgan fingerprint density at radius 2 is 1.75 bits per heavy atom. The van der Waals surface area contributed by atoms with Crippen molar-refractivity contribution in [1.82, 2.24) is 10.2 Å². The predicted octanol–water partition coefficient (Wildman–Crippen LogP) is 3.09. The number of anilines is 1. The number of carbonyl (C=O) groups is 1. The van der Waals surface area contributed by atoms with Crippen LogP contribution in [0.5, 0.6) is 0 Å². The maximum absolute atomic E-state index is 12.9. The van der Waals surface area contributed by atoms with Gasteiger partial charge in [0.1, 0.15) is 0 Å². The molecule has 0 aromatic heterocycles. The molecule has 1 amide bonds. The molecule has 2 aromatic carbocycles. The van der Waals surface area contributed by atoms with Gasteiger partial charge < -0.3 is 15.8 Å². The second-order valence-electron chi connectivity index (χ2n) is 6.58. The number of para-hydroxylation sites is 1.